The molecule has 4 aromatic rings. The lowest BCUT2D eigenvalue weighted by Crippen LogP contribution is -2.25. The van der Waals surface area contributed by atoms with Crippen LogP contribution < -0.4 is 5.69 Å². The average Bonchev–Trinajstić information content (AvgIpc) is 3.46. The molecule has 0 aliphatic carbocycles. The van der Waals surface area contributed by atoms with Crippen LogP contribution in [-0.4, -0.2) is 35.0 Å². The maximum Gasteiger partial charge on any atom is 0.346 e. The largest absolute Gasteiger partial charge is 0.346 e. The third kappa shape index (κ3) is 4.57. The molecule has 2 aromatic carbocycles. The van der Waals surface area contributed by atoms with E-state index >= 15 is 0 Å². The zero-order valence-corrected chi connectivity index (χ0v) is 17.8. The molecule has 0 aliphatic heterocycles. The number of H-pyrrole nitrogens is 1. The summed E-state index contributed by atoms with van der Waals surface area (Å²) in [5.74, 6) is 3.81. The number of rotatable bonds is 8. The summed E-state index contributed by atoms with van der Waals surface area (Å²) in [6, 6.07) is 16.1. The smallest absolute Gasteiger partial charge is 0.271 e. The van der Waals surface area contributed by atoms with Crippen LogP contribution in [0.15, 0.2) is 59.4 Å². The highest BCUT2D eigenvalue weighted by Crippen LogP contribution is 2.24. The first kappa shape index (κ1) is 21.0. The highest BCUT2D eigenvalue weighted by atomic mass is 16.2. The number of benzene rings is 2. The molecular formula is C24H23N7O. The van der Waals surface area contributed by atoms with E-state index in [0.717, 1.165) is 28.7 Å². The highest BCUT2D eigenvalue weighted by Gasteiger charge is 2.12. The Kier molecular flexibility index (Phi) is 6.37. The summed E-state index contributed by atoms with van der Waals surface area (Å²) < 4.78 is 3.11. The van der Waals surface area contributed by atoms with E-state index in [1.807, 2.05) is 67.6 Å². The van der Waals surface area contributed by atoms with Crippen LogP contribution in [0.1, 0.15) is 31.2 Å². The van der Waals surface area contributed by atoms with Gasteiger partial charge in [-0.05, 0) is 45.7 Å². The molecule has 0 saturated carbocycles. The number of terminal acetylenes is 1. The van der Waals surface area contributed by atoms with Crippen molar-refractivity contribution in [2.24, 2.45) is 0 Å². The fourth-order valence-electron chi connectivity index (χ4n) is 3.38. The van der Waals surface area contributed by atoms with E-state index in [1.165, 1.54) is 4.68 Å². The SMILES string of the molecule is C#CCCn1nc(C=CCC)n(Cc2ccc(-c3cccc(-c4nnn[nH]4)c3)cc2)c1=O. The second kappa shape index (κ2) is 9.71. The Bertz CT molecular complexity index is 1310. The normalized spacial score (nSPS) is 11.1. The van der Waals surface area contributed by atoms with Crippen molar-refractivity contribution in [1.82, 2.24) is 35.0 Å². The molecule has 8 nitrogen and oxygen atoms in total. The standard InChI is InChI=1S/C24H23N7O/c1-3-5-10-22-27-31(15-6-4-2)24(32)30(22)17-18-11-13-19(14-12-18)20-8-7-9-21(16-20)23-25-28-29-26-23/h2,5,7-14,16H,3,6,15,17H2,1H3,(H,25,26,28,29). The molecule has 32 heavy (non-hydrogen) atoms. The molecular weight excluding hydrogens is 402 g/mol. The average molecular weight is 425 g/mol. The number of aryl methyl sites for hydroxylation is 1. The van der Waals surface area contributed by atoms with Gasteiger partial charge >= 0.3 is 5.69 Å². The highest BCUT2D eigenvalue weighted by molar-refractivity contribution is 5.70. The van der Waals surface area contributed by atoms with E-state index in [2.05, 4.69) is 31.6 Å². The van der Waals surface area contributed by atoms with E-state index < -0.39 is 0 Å². The van der Waals surface area contributed by atoms with Gasteiger partial charge in [-0.1, -0.05) is 55.5 Å². The first-order valence-electron chi connectivity index (χ1n) is 10.4. The van der Waals surface area contributed by atoms with Gasteiger partial charge in [0.25, 0.3) is 0 Å². The summed E-state index contributed by atoms with van der Waals surface area (Å²) in [5.41, 5.74) is 3.87. The van der Waals surface area contributed by atoms with Crippen molar-refractivity contribution < 1.29 is 0 Å². The zero-order valence-electron chi connectivity index (χ0n) is 17.8. The second-order valence-electron chi connectivity index (χ2n) is 7.24. The number of hydrogen-bond acceptors (Lipinski definition) is 5. The maximum absolute atomic E-state index is 12.8. The van der Waals surface area contributed by atoms with Gasteiger partial charge in [0.05, 0.1) is 13.1 Å². The molecule has 160 valence electrons. The monoisotopic (exact) mass is 425 g/mol. The van der Waals surface area contributed by atoms with Gasteiger partial charge in [0, 0.05) is 12.0 Å². The number of tetrazole rings is 1. The Morgan fingerprint density at radius 2 is 1.94 bits per heavy atom. The molecule has 0 amide bonds. The molecule has 0 atom stereocenters. The Morgan fingerprint density at radius 3 is 2.66 bits per heavy atom. The lowest BCUT2D eigenvalue weighted by Gasteiger charge is -2.07. The van der Waals surface area contributed by atoms with Crippen LogP contribution in [0.2, 0.25) is 0 Å². The van der Waals surface area contributed by atoms with Gasteiger partial charge in [-0.25, -0.2) is 14.6 Å². The number of aromatic nitrogens is 7. The molecule has 0 radical (unpaired) electrons. The van der Waals surface area contributed by atoms with Gasteiger partial charge in [0.2, 0.25) is 0 Å². The number of allylic oxidation sites excluding steroid dienone is 1. The lowest BCUT2D eigenvalue weighted by atomic mass is 10.0. The van der Waals surface area contributed by atoms with Crippen LogP contribution in [0.3, 0.4) is 0 Å². The van der Waals surface area contributed by atoms with Crippen molar-refractivity contribution in [3.63, 3.8) is 0 Å². The molecule has 0 aliphatic rings. The summed E-state index contributed by atoms with van der Waals surface area (Å²) in [6.45, 7) is 2.88. The molecule has 0 unspecified atom stereocenters. The summed E-state index contributed by atoms with van der Waals surface area (Å²) in [7, 11) is 0. The van der Waals surface area contributed by atoms with Crippen LogP contribution >= 0.6 is 0 Å². The van der Waals surface area contributed by atoms with Gasteiger partial charge in [0.1, 0.15) is 0 Å². The minimum Gasteiger partial charge on any atom is -0.271 e. The summed E-state index contributed by atoms with van der Waals surface area (Å²) >= 11 is 0. The van der Waals surface area contributed by atoms with Crippen LogP contribution in [0.4, 0.5) is 0 Å². The van der Waals surface area contributed by atoms with Crippen molar-refractivity contribution in [3.05, 3.63) is 76.5 Å². The zero-order chi connectivity index (χ0) is 22.3. The van der Waals surface area contributed by atoms with Crippen LogP contribution in [0.5, 0.6) is 0 Å². The van der Waals surface area contributed by atoms with E-state index in [1.54, 1.807) is 4.57 Å². The van der Waals surface area contributed by atoms with E-state index in [0.29, 0.717) is 31.2 Å². The second-order valence-corrected chi connectivity index (χ2v) is 7.24. The summed E-state index contributed by atoms with van der Waals surface area (Å²) in [6.07, 6.45) is 10.5. The molecule has 1 N–H and O–H groups in total. The predicted octanol–water partition coefficient (Wildman–Crippen LogP) is 3.39. The number of aromatic amines is 1. The third-order valence-corrected chi connectivity index (χ3v) is 5.03. The van der Waals surface area contributed by atoms with Crippen molar-refractivity contribution in [2.75, 3.05) is 0 Å². The summed E-state index contributed by atoms with van der Waals surface area (Å²) in [5, 5.41) is 18.5. The van der Waals surface area contributed by atoms with Gasteiger partial charge in [-0.3, -0.25) is 4.57 Å². The van der Waals surface area contributed by atoms with E-state index in [-0.39, 0.29) is 5.69 Å². The summed E-state index contributed by atoms with van der Waals surface area (Å²) in [4.78, 5) is 12.8. The van der Waals surface area contributed by atoms with E-state index in [4.69, 9.17) is 6.42 Å². The third-order valence-electron chi connectivity index (χ3n) is 5.03. The minimum atomic E-state index is -0.159. The van der Waals surface area contributed by atoms with Crippen LogP contribution in [0, 0.1) is 12.3 Å². The quantitative estimate of drug-likeness (QED) is 0.437. The molecule has 0 spiro atoms. The topological polar surface area (TPSA) is 94.3 Å². The molecule has 2 heterocycles. The first-order chi connectivity index (χ1) is 15.7. The predicted molar refractivity (Wildman–Crippen MR) is 123 cm³/mol. The minimum absolute atomic E-state index is 0.159. The van der Waals surface area contributed by atoms with Crippen LogP contribution in [0.25, 0.3) is 28.6 Å². The van der Waals surface area contributed by atoms with Crippen molar-refractivity contribution in [1.29, 1.82) is 0 Å². The lowest BCUT2D eigenvalue weighted by molar-refractivity contribution is 0.592. The molecule has 0 bridgehead atoms. The van der Waals surface area contributed by atoms with E-state index in [9.17, 15) is 4.79 Å². The number of nitrogens with one attached hydrogen (secondary N) is 1. The molecule has 0 saturated heterocycles. The van der Waals surface area contributed by atoms with Crippen LogP contribution in [-0.2, 0) is 13.1 Å². The maximum atomic E-state index is 12.8. The van der Waals surface area contributed by atoms with Gasteiger partial charge in [-0.2, -0.15) is 5.10 Å². The van der Waals surface area contributed by atoms with Crippen molar-refractivity contribution in [3.8, 4) is 34.9 Å². The molecule has 4 rings (SSSR count). The first-order valence-corrected chi connectivity index (χ1v) is 10.4. The Morgan fingerprint density at radius 1 is 1.12 bits per heavy atom. The number of nitrogens with zero attached hydrogens (tertiary/aromatic N) is 6. The van der Waals surface area contributed by atoms with Crippen molar-refractivity contribution in [2.45, 2.75) is 32.9 Å². The Hall–Kier alpha value is -4.25. The molecule has 8 heteroatoms. The Labute approximate surface area is 185 Å². The van der Waals surface area contributed by atoms with Gasteiger partial charge in [-0.15, -0.1) is 17.4 Å². The fraction of sp³-hybridized carbons (Fsp3) is 0.208. The fourth-order valence-corrected chi connectivity index (χ4v) is 3.38. The molecule has 2 aromatic heterocycles. The van der Waals surface area contributed by atoms with Gasteiger partial charge < -0.3 is 0 Å². The number of hydrogen-bond donors (Lipinski definition) is 1. The van der Waals surface area contributed by atoms with Gasteiger partial charge in [0.15, 0.2) is 11.6 Å². The molecule has 0 fully saturated rings. The van der Waals surface area contributed by atoms with Crippen molar-refractivity contribution >= 4 is 6.08 Å². The Balaban J connectivity index is 1.59.